The largest absolute Gasteiger partial charge is 0.487 e. The summed E-state index contributed by atoms with van der Waals surface area (Å²) in [6, 6.07) is 9.95. The molecule has 1 atom stereocenters. The first kappa shape index (κ1) is 16.1. The van der Waals surface area contributed by atoms with E-state index in [1.807, 2.05) is 19.1 Å². The lowest BCUT2D eigenvalue weighted by atomic mass is 10.1. The van der Waals surface area contributed by atoms with E-state index < -0.39 is 5.82 Å². The Morgan fingerprint density at radius 1 is 1.19 bits per heavy atom. The molecule has 2 aromatic rings. The molecule has 0 fully saturated rings. The predicted octanol–water partition coefficient (Wildman–Crippen LogP) is 4.60. The first-order valence-electron chi connectivity index (χ1n) is 6.57. The summed E-state index contributed by atoms with van der Waals surface area (Å²) in [7, 11) is 0. The zero-order valence-corrected chi connectivity index (χ0v) is 13.1. The minimum Gasteiger partial charge on any atom is -0.487 e. The van der Waals surface area contributed by atoms with E-state index in [2.05, 4.69) is 0 Å². The summed E-state index contributed by atoms with van der Waals surface area (Å²) in [5.41, 5.74) is 7.15. The van der Waals surface area contributed by atoms with Gasteiger partial charge in [-0.05, 0) is 37.1 Å². The number of rotatable bonds is 5. The van der Waals surface area contributed by atoms with Gasteiger partial charge in [0.15, 0.2) is 0 Å². The van der Waals surface area contributed by atoms with E-state index in [0.29, 0.717) is 27.8 Å². The summed E-state index contributed by atoms with van der Waals surface area (Å²) >= 11 is 11.9. The van der Waals surface area contributed by atoms with E-state index in [4.69, 9.17) is 33.7 Å². The molecule has 2 N–H and O–H groups in total. The molecule has 2 nitrogen and oxygen atoms in total. The van der Waals surface area contributed by atoms with Crippen LogP contribution in [0.25, 0.3) is 0 Å². The standard InChI is InChI=1S/C16H16Cl2FNO/c1-10(20)7-11-3-2-4-14(18)16(11)21-9-12-5-6-13(17)8-15(12)19/h2-6,8,10H,7,9,20H2,1H3. The van der Waals surface area contributed by atoms with Crippen LogP contribution < -0.4 is 10.5 Å². The molecule has 2 aromatic carbocycles. The van der Waals surface area contributed by atoms with Crippen LogP contribution in [-0.4, -0.2) is 6.04 Å². The fourth-order valence-electron chi connectivity index (χ4n) is 2.01. The Morgan fingerprint density at radius 3 is 2.62 bits per heavy atom. The molecular formula is C16H16Cl2FNO. The van der Waals surface area contributed by atoms with E-state index in [1.165, 1.54) is 6.07 Å². The highest BCUT2D eigenvalue weighted by molar-refractivity contribution is 6.32. The summed E-state index contributed by atoms with van der Waals surface area (Å²) in [6.07, 6.45) is 0.638. The van der Waals surface area contributed by atoms with Gasteiger partial charge in [-0.1, -0.05) is 41.4 Å². The normalized spacial score (nSPS) is 12.2. The molecule has 0 amide bonds. The van der Waals surface area contributed by atoms with Gasteiger partial charge in [0.05, 0.1) is 5.02 Å². The van der Waals surface area contributed by atoms with Crippen molar-refractivity contribution in [1.29, 1.82) is 0 Å². The van der Waals surface area contributed by atoms with Crippen molar-refractivity contribution in [2.75, 3.05) is 0 Å². The van der Waals surface area contributed by atoms with Crippen molar-refractivity contribution in [3.05, 3.63) is 63.4 Å². The maximum Gasteiger partial charge on any atom is 0.141 e. The fourth-order valence-corrected chi connectivity index (χ4v) is 2.42. The van der Waals surface area contributed by atoms with Crippen molar-refractivity contribution in [3.63, 3.8) is 0 Å². The molecule has 0 bridgehead atoms. The summed E-state index contributed by atoms with van der Waals surface area (Å²) in [6.45, 7) is 1.99. The molecule has 112 valence electrons. The third-order valence-electron chi connectivity index (χ3n) is 2.98. The fraction of sp³-hybridized carbons (Fsp3) is 0.250. The molecule has 1 unspecified atom stereocenters. The molecule has 0 saturated heterocycles. The van der Waals surface area contributed by atoms with Gasteiger partial charge in [0.1, 0.15) is 18.2 Å². The van der Waals surface area contributed by atoms with Crippen LogP contribution in [0.15, 0.2) is 36.4 Å². The first-order chi connectivity index (χ1) is 9.97. The number of hydrogen-bond donors (Lipinski definition) is 1. The highest BCUT2D eigenvalue weighted by Gasteiger charge is 2.12. The molecule has 0 heterocycles. The van der Waals surface area contributed by atoms with Gasteiger partial charge < -0.3 is 10.5 Å². The van der Waals surface area contributed by atoms with Gasteiger partial charge in [-0.15, -0.1) is 0 Å². The Balaban J connectivity index is 2.19. The summed E-state index contributed by atoms with van der Waals surface area (Å²) in [5, 5.41) is 0.842. The molecule has 0 aromatic heterocycles. The monoisotopic (exact) mass is 327 g/mol. The molecule has 0 aliphatic heterocycles. The quantitative estimate of drug-likeness (QED) is 0.870. The van der Waals surface area contributed by atoms with Crippen LogP contribution in [0, 0.1) is 5.82 Å². The number of nitrogens with two attached hydrogens (primary N) is 1. The summed E-state index contributed by atoms with van der Waals surface area (Å²) < 4.78 is 19.5. The average molecular weight is 328 g/mol. The molecule has 0 spiro atoms. The third kappa shape index (κ3) is 4.34. The highest BCUT2D eigenvalue weighted by Crippen LogP contribution is 2.30. The second-order valence-corrected chi connectivity index (χ2v) is 5.78. The van der Waals surface area contributed by atoms with E-state index in [0.717, 1.165) is 5.56 Å². The van der Waals surface area contributed by atoms with Crippen LogP contribution in [0.1, 0.15) is 18.1 Å². The molecule has 0 aliphatic carbocycles. The summed E-state index contributed by atoms with van der Waals surface area (Å²) in [4.78, 5) is 0. The molecule has 5 heteroatoms. The molecule has 0 saturated carbocycles. The van der Waals surface area contributed by atoms with Gasteiger partial charge in [-0.25, -0.2) is 4.39 Å². The number of hydrogen-bond acceptors (Lipinski definition) is 2. The average Bonchev–Trinajstić information content (AvgIpc) is 2.39. The highest BCUT2D eigenvalue weighted by atomic mass is 35.5. The van der Waals surface area contributed by atoms with Gasteiger partial charge in [-0.3, -0.25) is 0 Å². The summed E-state index contributed by atoms with van der Waals surface area (Å²) in [5.74, 6) is 0.147. The number of para-hydroxylation sites is 1. The third-order valence-corrected chi connectivity index (χ3v) is 3.51. The number of benzene rings is 2. The maximum absolute atomic E-state index is 13.7. The van der Waals surface area contributed by atoms with Crippen LogP contribution >= 0.6 is 23.2 Å². The zero-order chi connectivity index (χ0) is 15.4. The Morgan fingerprint density at radius 2 is 1.95 bits per heavy atom. The second kappa shape index (κ2) is 7.12. The number of ether oxygens (including phenoxy) is 1. The minimum atomic E-state index is -0.400. The Kier molecular flexibility index (Phi) is 5.45. The second-order valence-electron chi connectivity index (χ2n) is 4.93. The van der Waals surface area contributed by atoms with E-state index in [9.17, 15) is 4.39 Å². The van der Waals surface area contributed by atoms with E-state index in [-0.39, 0.29) is 12.6 Å². The van der Waals surface area contributed by atoms with E-state index >= 15 is 0 Å². The maximum atomic E-state index is 13.7. The SMILES string of the molecule is CC(N)Cc1cccc(Cl)c1OCc1ccc(Cl)cc1F. The Hall–Kier alpha value is -1.29. The van der Waals surface area contributed by atoms with Gasteiger partial charge in [0, 0.05) is 16.6 Å². The van der Waals surface area contributed by atoms with Crippen molar-refractivity contribution >= 4 is 23.2 Å². The van der Waals surface area contributed by atoms with Crippen LogP contribution in [0.2, 0.25) is 10.0 Å². The van der Waals surface area contributed by atoms with Crippen LogP contribution in [0.4, 0.5) is 4.39 Å². The number of halogens is 3. The van der Waals surface area contributed by atoms with Crippen LogP contribution in [0.5, 0.6) is 5.75 Å². The van der Waals surface area contributed by atoms with Crippen LogP contribution in [0.3, 0.4) is 0 Å². The van der Waals surface area contributed by atoms with Gasteiger partial charge in [-0.2, -0.15) is 0 Å². The Bertz CT molecular complexity index is 632. The lowest BCUT2D eigenvalue weighted by molar-refractivity contribution is 0.296. The molecule has 0 aliphatic rings. The van der Waals surface area contributed by atoms with E-state index in [1.54, 1.807) is 18.2 Å². The molecule has 0 radical (unpaired) electrons. The zero-order valence-electron chi connectivity index (χ0n) is 11.6. The van der Waals surface area contributed by atoms with Crippen molar-refractivity contribution in [1.82, 2.24) is 0 Å². The smallest absolute Gasteiger partial charge is 0.141 e. The van der Waals surface area contributed by atoms with Crippen molar-refractivity contribution in [3.8, 4) is 5.75 Å². The minimum absolute atomic E-state index is 0.0157. The predicted molar refractivity (Wildman–Crippen MR) is 84.5 cm³/mol. The lowest BCUT2D eigenvalue weighted by Gasteiger charge is -2.15. The Labute approximate surface area is 133 Å². The van der Waals surface area contributed by atoms with Crippen molar-refractivity contribution in [2.45, 2.75) is 26.0 Å². The van der Waals surface area contributed by atoms with Gasteiger partial charge in [0.25, 0.3) is 0 Å². The first-order valence-corrected chi connectivity index (χ1v) is 7.32. The molecular weight excluding hydrogens is 312 g/mol. The van der Waals surface area contributed by atoms with Crippen LogP contribution in [-0.2, 0) is 13.0 Å². The van der Waals surface area contributed by atoms with Crippen molar-refractivity contribution < 1.29 is 9.13 Å². The van der Waals surface area contributed by atoms with Crippen molar-refractivity contribution in [2.24, 2.45) is 5.73 Å². The lowest BCUT2D eigenvalue weighted by Crippen LogP contribution is -2.18. The topological polar surface area (TPSA) is 35.2 Å². The molecule has 2 rings (SSSR count). The molecule has 21 heavy (non-hydrogen) atoms. The van der Waals surface area contributed by atoms with Gasteiger partial charge >= 0.3 is 0 Å². The van der Waals surface area contributed by atoms with Gasteiger partial charge in [0.2, 0.25) is 0 Å².